The zero-order chi connectivity index (χ0) is 24.6. The molecule has 5 atom stereocenters. The highest BCUT2D eigenvalue weighted by molar-refractivity contribution is 6.02. The summed E-state index contributed by atoms with van der Waals surface area (Å²) in [6.45, 7) is 2.54. The van der Waals surface area contributed by atoms with E-state index in [1.807, 2.05) is 12.2 Å². The molecular formula is C27H35N3O5. The van der Waals surface area contributed by atoms with E-state index in [-0.39, 0.29) is 23.8 Å². The van der Waals surface area contributed by atoms with Gasteiger partial charge < -0.3 is 25.0 Å². The molecular weight excluding hydrogens is 446 g/mol. The van der Waals surface area contributed by atoms with Crippen molar-refractivity contribution in [3.05, 3.63) is 36.4 Å². The molecule has 1 aromatic carbocycles. The van der Waals surface area contributed by atoms with Gasteiger partial charge in [-0.3, -0.25) is 14.4 Å². The number of anilines is 1. The number of amides is 3. The number of nitrogens with zero attached hydrogens (tertiary/aromatic N) is 1. The van der Waals surface area contributed by atoms with Crippen LogP contribution in [0.15, 0.2) is 36.4 Å². The Hall–Kier alpha value is -2.87. The number of rotatable bonds is 8. The third kappa shape index (κ3) is 4.11. The van der Waals surface area contributed by atoms with Crippen molar-refractivity contribution < 1.29 is 23.9 Å². The van der Waals surface area contributed by atoms with Gasteiger partial charge in [0.25, 0.3) is 0 Å². The number of benzene rings is 1. The lowest BCUT2D eigenvalue weighted by Gasteiger charge is -2.34. The van der Waals surface area contributed by atoms with E-state index >= 15 is 0 Å². The highest BCUT2D eigenvalue weighted by atomic mass is 16.5. The topological polar surface area (TPSA) is 97.0 Å². The van der Waals surface area contributed by atoms with E-state index in [2.05, 4.69) is 17.6 Å². The summed E-state index contributed by atoms with van der Waals surface area (Å²) in [6, 6.07) is 6.45. The van der Waals surface area contributed by atoms with Gasteiger partial charge in [0.1, 0.15) is 17.4 Å². The SMILES string of the molecule is CCCCN1C(=O)[C@H]2C(C(=O)Nc3ccc(OC)cc3)[C@H]3C=CC2(O3)C1C(=O)NC1CCCCC1. The minimum Gasteiger partial charge on any atom is -0.497 e. The normalized spacial score (nSPS) is 31.5. The van der Waals surface area contributed by atoms with Crippen LogP contribution in [-0.2, 0) is 19.1 Å². The summed E-state index contributed by atoms with van der Waals surface area (Å²) in [5.41, 5.74) is -0.479. The lowest BCUT2D eigenvalue weighted by Crippen LogP contribution is -2.56. The number of nitrogens with one attached hydrogen (secondary N) is 2. The van der Waals surface area contributed by atoms with Crippen LogP contribution in [0.2, 0.25) is 0 Å². The molecule has 2 saturated heterocycles. The maximum atomic E-state index is 13.8. The molecule has 3 amide bonds. The van der Waals surface area contributed by atoms with E-state index in [1.165, 1.54) is 6.42 Å². The second-order valence-electron chi connectivity index (χ2n) is 10.1. The van der Waals surface area contributed by atoms with Gasteiger partial charge in [-0.05, 0) is 43.5 Å². The van der Waals surface area contributed by atoms with Crippen molar-refractivity contribution in [3.8, 4) is 5.75 Å². The number of unbranched alkanes of at least 4 members (excludes halogenated alkanes) is 1. The van der Waals surface area contributed by atoms with Crippen LogP contribution >= 0.6 is 0 Å². The number of hydrogen-bond acceptors (Lipinski definition) is 5. The Kier molecular flexibility index (Phi) is 6.57. The fourth-order valence-corrected chi connectivity index (χ4v) is 6.26. The molecule has 4 aliphatic rings. The van der Waals surface area contributed by atoms with Crippen molar-refractivity contribution in [1.29, 1.82) is 0 Å². The minimum atomic E-state index is -1.10. The molecule has 2 bridgehead atoms. The van der Waals surface area contributed by atoms with Gasteiger partial charge in [0.15, 0.2) is 0 Å². The van der Waals surface area contributed by atoms with Gasteiger partial charge in [0.2, 0.25) is 17.7 Å². The van der Waals surface area contributed by atoms with Crippen molar-refractivity contribution in [2.24, 2.45) is 11.8 Å². The maximum absolute atomic E-state index is 13.8. The van der Waals surface area contributed by atoms with Crippen LogP contribution in [0.25, 0.3) is 0 Å². The molecule has 3 heterocycles. The first-order chi connectivity index (χ1) is 17.0. The number of likely N-dealkylation sites (tertiary alicyclic amines) is 1. The summed E-state index contributed by atoms with van der Waals surface area (Å²) in [5.74, 6) is -1.30. The number of carbonyl (C=O) groups is 3. The highest BCUT2D eigenvalue weighted by Crippen LogP contribution is 2.55. The van der Waals surface area contributed by atoms with Gasteiger partial charge in [0, 0.05) is 18.3 Å². The number of fused-ring (bicyclic) bond motifs is 1. The summed E-state index contributed by atoms with van der Waals surface area (Å²) >= 11 is 0. The van der Waals surface area contributed by atoms with Crippen molar-refractivity contribution >= 4 is 23.4 Å². The summed E-state index contributed by atoms with van der Waals surface area (Å²) in [6.07, 6.45) is 10.2. The predicted octanol–water partition coefficient (Wildman–Crippen LogP) is 3.03. The molecule has 2 N–H and O–H groups in total. The molecule has 3 aliphatic heterocycles. The van der Waals surface area contributed by atoms with Crippen LogP contribution in [0.5, 0.6) is 5.75 Å². The summed E-state index contributed by atoms with van der Waals surface area (Å²) < 4.78 is 11.6. The third-order valence-corrected chi connectivity index (χ3v) is 7.99. The van der Waals surface area contributed by atoms with Crippen molar-refractivity contribution in [1.82, 2.24) is 10.2 Å². The van der Waals surface area contributed by atoms with E-state index in [4.69, 9.17) is 9.47 Å². The summed E-state index contributed by atoms with van der Waals surface area (Å²) in [5, 5.41) is 6.15. The fraction of sp³-hybridized carbons (Fsp3) is 0.593. The molecule has 0 aromatic heterocycles. The second kappa shape index (κ2) is 9.64. The Morgan fingerprint density at radius 1 is 1.14 bits per heavy atom. The molecule has 3 fully saturated rings. The summed E-state index contributed by atoms with van der Waals surface area (Å²) in [4.78, 5) is 42.5. The molecule has 1 aliphatic carbocycles. The largest absolute Gasteiger partial charge is 0.497 e. The van der Waals surface area contributed by atoms with Crippen LogP contribution in [0, 0.1) is 11.8 Å². The molecule has 1 spiro atoms. The Labute approximate surface area is 206 Å². The quantitative estimate of drug-likeness (QED) is 0.557. The van der Waals surface area contributed by atoms with Crippen molar-refractivity contribution in [2.45, 2.75) is 75.7 Å². The van der Waals surface area contributed by atoms with E-state index in [0.717, 1.165) is 38.5 Å². The Morgan fingerprint density at radius 2 is 1.89 bits per heavy atom. The average Bonchev–Trinajstić information content (AvgIpc) is 3.51. The molecule has 35 heavy (non-hydrogen) atoms. The summed E-state index contributed by atoms with van der Waals surface area (Å²) in [7, 11) is 1.59. The molecule has 1 saturated carbocycles. The number of carbonyl (C=O) groups excluding carboxylic acids is 3. The number of hydrogen-bond donors (Lipinski definition) is 2. The van der Waals surface area contributed by atoms with E-state index in [1.54, 1.807) is 36.3 Å². The van der Waals surface area contributed by atoms with E-state index in [0.29, 0.717) is 18.0 Å². The Morgan fingerprint density at radius 3 is 2.57 bits per heavy atom. The van der Waals surface area contributed by atoms with Gasteiger partial charge in [-0.15, -0.1) is 0 Å². The van der Waals surface area contributed by atoms with Crippen molar-refractivity contribution in [3.63, 3.8) is 0 Å². The molecule has 8 heteroatoms. The van der Waals surface area contributed by atoms with Gasteiger partial charge >= 0.3 is 0 Å². The number of methoxy groups -OCH3 is 1. The first-order valence-corrected chi connectivity index (χ1v) is 12.9. The minimum absolute atomic E-state index is 0.131. The Bertz CT molecular complexity index is 1000. The smallest absolute Gasteiger partial charge is 0.246 e. The van der Waals surface area contributed by atoms with Crippen LogP contribution < -0.4 is 15.4 Å². The van der Waals surface area contributed by atoms with E-state index < -0.39 is 29.6 Å². The first-order valence-electron chi connectivity index (χ1n) is 12.9. The van der Waals surface area contributed by atoms with Gasteiger partial charge in [0.05, 0.1) is 25.0 Å². The molecule has 3 unspecified atom stereocenters. The highest BCUT2D eigenvalue weighted by Gasteiger charge is 2.72. The zero-order valence-electron chi connectivity index (χ0n) is 20.5. The molecule has 5 rings (SSSR count). The molecule has 8 nitrogen and oxygen atoms in total. The van der Waals surface area contributed by atoms with E-state index in [9.17, 15) is 14.4 Å². The van der Waals surface area contributed by atoms with Gasteiger partial charge in [-0.25, -0.2) is 0 Å². The van der Waals surface area contributed by atoms with Crippen LogP contribution in [0.4, 0.5) is 5.69 Å². The van der Waals surface area contributed by atoms with Crippen LogP contribution in [0.1, 0.15) is 51.9 Å². The monoisotopic (exact) mass is 481 g/mol. The second-order valence-corrected chi connectivity index (χ2v) is 10.1. The molecule has 188 valence electrons. The zero-order valence-corrected chi connectivity index (χ0v) is 20.5. The van der Waals surface area contributed by atoms with Crippen molar-refractivity contribution in [2.75, 3.05) is 19.0 Å². The van der Waals surface area contributed by atoms with Gasteiger partial charge in [-0.1, -0.05) is 44.8 Å². The predicted molar refractivity (Wildman–Crippen MR) is 131 cm³/mol. The molecule has 1 aromatic rings. The lowest BCUT2D eigenvalue weighted by atomic mass is 9.74. The standard InChI is InChI=1S/C27H35N3O5/c1-3-4-16-30-23(25(32)29-17-8-6-5-7-9-17)27-15-14-20(35-27)21(22(27)26(30)33)24(31)28-18-10-12-19(34-2)13-11-18/h10-15,17,20-23H,3-9,16H2,1-2H3,(H,28,31)(H,29,32)/t20-,21?,22-,23?,27?/m1/s1. The van der Waals surface area contributed by atoms with Crippen LogP contribution in [0.3, 0.4) is 0 Å². The average molecular weight is 482 g/mol. The molecule has 0 radical (unpaired) electrons. The Balaban J connectivity index is 1.40. The third-order valence-electron chi connectivity index (χ3n) is 7.99. The lowest BCUT2D eigenvalue weighted by molar-refractivity contribution is -0.141. The number of ether oxygens (including phenoxy) is 2. The van der Waals surface area contributed by atoms with Gasteiger partial charge in [-0.2, -0.15) is 0 Å². The fourth-order valence-electron chi connectivity index (χ4n) is 6.26. The first kappa shape index (κ1) is 23.9. The maximum Gasteiger partial charge on any atom is 0.246 e. The van der Waals surface area contributed by atoms with Crippen LogP contribution in [-0.4, -0.2) is 60.1 Å².